The third kappa shape index (κ3) is 2.92. The van der Waals surface area contributed by atoms with E-state index in [1.807, 2.05) is 13.0 Å². The summed E-state index contributed by atoms with van der Waals surface area (Å²) in [6.45, 7) is 2.27. The Morgan fingerprint density at radius 3 is 2.67 bits per heavy atom. The lowest BCUT2D eigenvalue weighted by molar-refractivity contribution is -0.114. The van der Waals surface area contributed by atoms with Crippen LogP contribution in [0.2, 0.25) is 5.02 Å². The molecule has 0 atom stereocenters. The number of anilines is 1. The fourth-order valence-electron chi connectivity index (χ4n) is 2.80. The van der Waals surface area contributed by atoms with Gasteiger partial charge in [-0.3, -0.25) is 19.4 Å². The summed E-state index contributed by atoms with van der Waals surface area (Å²) < 4.78 is 13.9. The molecule has 0 saturated heterocycles. The van der Waals surface area contributed by atoms with E-state index >= 15 is 0 Å². The number of rotatable bonds is 4. The van der Waals surface area contributed by atoms with E-state index < -0.39 is 17.5 Å². The lowest BCUT2D eigenvalue weighted by Gasteiger charge is -2.25. The molecule has 0 unspecified atom stereocenters. The van der Waals surface area contributed by atoms with Crippen molar-refractivity contribution in [2.75, 3.05) is 18.6 Å². The van der Waals surface area contributed by atoms with Crippen molar-refractivity contribution in [2.24, 2.45) is 0 Å². The fourth-order valence-corrected chi connectivity index (χ4v) is 3.02. The number of amides is 1. The van der Waals surface area contributed by atoms with E-state index in [2.05, 4.69) is 0 Å². The lowest BCUT2D eigenvalue weighted by Crippen LogP contribution is -2.39. The molecule has 1 amide bonds. The zero-order chi connectivity index (χ0) is 17.4. The zero-order valence-electron chi connectivity index (χ0n) is 13.3. The van der Waals surface area contributed by atoms with Crippen LogP contribution in [0.3, 0.4) is 0 Å². The van der Waals surface area contributed by atoms with Crippen LogP contribution in [0.5, 0.6) is 0 Å². The normalized spacial score (nSPS) is 13.8. The van der Waals surface area contributed by atoms with Crippen LogP contribution in [0.4, 0.5) is 10.1 Å². The molecule has 2 aromatic carbocycles. The van der Waals surface area contributed by atoms with Crippen molar-refractivity contribution in [3.05, 3.63) is 63.9 Å². The van der Waals surface area contributed by atoms with Gasteiger partial charge in [-0.05, 0) is 38.2 Å². The molecule has 0 spiro atoms. The first-order chi connectivity index (χ1) is 11.4. The third-order valence-electron chi connectivity index (χ3n) is 4.00. The van der Waals surface area contributed by atoms with Gasteiger partial charge in [-0.25, -0.2) is 4.39 Å². The molecule has 1 aliphatic rings. The highest BCUT2D eigenvalue weighted by Gasteiger charge is 2.36. The second kappa shape index (κ2) is 6.34. The molecule has 0 bridgehead atoms. The van der Waals surface area contributed by atoms with E-state index in [1.165, 1.54) is 11.0 Å². The molecule has 2 aromatic rings. The van der Waals surface area contributed by atoms with E-state index in [-0.39, 0.29) is 13.2 Å². The first-order valence-corrected chi connectivity index (χ1v) is 7.84. The predicted octanol–water partition coefficient (Wildman–Crippen LogP) is 3.41. The van der Waals surface area contributed by atoms with Crippen LogP contribution >= 0.6 is 11.6 Å². The highest BCUT2D eigenvalue weighted by Crippen LogP contribution is 2.30. The van der Waals surface area contributed by atoms with Gasteiger partial charge in [0.15, 0.2) is 0 Å². The highest BCUT2D eigenvalue weighted by molar-refractivity contribution is 6.52. The first kappa shape index (κ1) is 16.6. The van der Waals surface area contributed by atoms with Crippen molar-refractivity contribution in [1.82, 2.24) is 4.90 Å². The van der Waals surface area contributed by atoms with Crippen LogP contribution in [0.25, 0.3) is 0 Å². The maximum Gasteiger partial charge on any atom is 0.300 e. The topological polar surface area (TPSA) is 40.6 Å². The predicted molar refractivity (Wildman–Crippen MR) is 90.7 cm³/mol. The Morgan fingerprint density at radius 2 is 1.96 bits per heavy atom. The van der Waals surface area contributed by atoms with Crippen LogP contribution in [0, 0.1) is 12.7 Å². The average molecular weight is 347 g/mol. The van der Waals surface area contributed by atoms with Gasteiger partial charge in [0.05, 0.1) is 17.9 Å². The molecule has 4 nitrogen and oxygen atoms in total. The SMILES string of the molecule is Cc1ccc2c(c1)C(=O)C(=O)N2CN(C)Cc1c(F)cccc1Cl. The van der Waals surface area contributed by atoms with Crippen LogP contribution in [0.15, 0.2) is 36.4 Å². The molecule has 0 radical (unpaired) electrons. The van der Waals surface area contributed by atoms with Gasteiger partial charge in [0.1, 0.15) is 5.82 Å². The lowest BCUT2D eigenvalue weighted by atomic mass is 10.1. The first-order valence-electron chi connectivity index (χ1n) is 7.46. The highest BCUT2D eigenvalue weighted by atomic mass is 35.5. The number of hydrogen-bond donors (Lipinski definition) is 0. The number of fused-ring (bicyclic) bond motifs is 1. The molecule has 124 valence electrons. The molecule has 0 N–H and O–H groups in total. The van der Waals surface area contributed by atoms with Gasteiger partial charge in [0.2, 0.25) is 0 Å². The summed E-state index contributed by atoms with van der Waals surface area (Å²) >= 11 is 6.04. The van der Waals surface area contributed by atoms with Crippen LogP contribution in [0.1, 0.15) is 21.5 Å². The van der Waals surface area contributed by atoms with Gasteiger partial charge >= 0.3 is 5.91 Å². The Morgan fingerprint density at radius 1 is 1.21 bits per heavy atom. The number of halogens is 2. The minimum atomic E-state index is -0.568. The number of hydrogen-bond acceptors (Lipinski definition) is 3. The van der Waals surface area contributed by atoms with Crippen LogP contribution in [-0.4, -0.2) is 30.3 Å². The number of Topliss-reactive ketones (excluding diaryl/α,β-unsaturated/α-hetero) is 1. The Bertz CT molecular complexity index is 818. The summed E-state index contributed by atoms with van der Waals surface area (Å²) in [5.74, 6) is -1.47. The molecule has 0 aromatic heterocycles. The number of carbonyl (C=O) groups excluding carboxylic acids is 2. The van der Waals surface area contributed by atoms with Crippen molar-refractivity contribution >= 4 is 29.0 Å². The summed E-state index contributed by atoms with van der Waals surface area (Å²) in [7, 11) is 1.74. The van der Waals surface area contributed by atoms with E-state index in [0.29, 0.717) is 21.8 Å². The maximum atomic E-state index is 13.9. The van der Waals surface area contributed by atoms with E-state index in [4.69, 9.17) is 11.6 Å². The minimum absolute atomic E-state index is 0.172. The Kier molecular flexibility index (Phi) is 4.39. The second-order valence-electron chi connectivity index (χ2n) is 5.94. The Labute approximate surface area is 144 Å². The van der Waals surface area contributed by atoms with E-state index in [1.54, 1.807) is 36.2 Å². The molecule has 1 aliphatic heterocycles. The van der Waals surface area contributed by atoms with Crippen LogP contribution in [-0.2, 0) is 11.3 Å². The molecule has 3 rings (SSSR count). The molecule has 0 aliphatic carbocycles. The monoisotopic (exact) mass is 346 g/mol. The third-order valence-corrected chi connectivity index (χ3v) is 4.35. The number of ketones is 1. The summed E-state index contributed by atoms with van der Waals surface area (Å²) in [5.41, 5.74) is 2.28. The van der Waals surface area contributed by atoms with Gasteiger partial charge in [0, 0.05) is 17.1 Å². The zero-order valence-corrected chi connectivity index (χ0v) is 14.1. The van der Waals surface area contributed by atoms with Gasteiger partial charge in [0.25, 0.3) is 5.78 Å². The Balaban J connectivity index is 1.82. The number of carbonyl (C=O) groups is 2. The molecular formula is C18H16ClFN2O2. The number of nitrogens with zero attached hydrogens (tertiary/aromatic N) is 2. The van der Waals surface area contributed by atoms with Crippen molar-refractivity contribution in [1.29, 1.82) is 0 Å². The van der Waals surface area contributed by atoms with Crippen molar-refractivity contribution < 1.29 is 14.0 Å². The average Bonchev–Trinajstić information content (AvgIpc) is 2.76. The van der Waals surface area contributed by atoms with Gasteiger partial charge in [-0.1, -0.05) is 29.3 Å². The molecule has 0 saturated carbocycles. The fraction of sp³-hybridized carbons (Fsp3) is 0.222. The second-order valence-corrected chi connectivity index (χ2v) is 6.35. The molecule has 0 fully saturated rings. The summed E-state index contributed by atoms with van der Waals surface area (Å²) in [5, 5.41) is 0.335. The summed E-state index contributed by atoms with van der Waals surface area (Å²) in [4.78, 5) is 27.5. The van der Waals surface area contributed by atoms with Gasteiger partial charge in [-0.15, -0.1) is 0 Å². The standard InChI is InChI=1S/C18H16ClFN2O2/c1-11-6-7-16-12(8-11)17(23)18(24)22(16)10-21(2)9-13-14(19)4-3-5-15(13)20/h3-8H,9-10H2,1-2H3. The van der Waals surface area contributed by atoms with E-state index in [0.717, 1.165) is 5.56 Å². The van der Waals surface area contributed by atoms with Gasteiger partial charge < -0.3 is 0 Å². The molecule has 24 heavy (non-hydrogen) atoms. The Hall–Kier alpha value is -2.24. The number of aryl methyl sites for hydroxylation is 1. The summed E-state index contributed by atoms with van der Waals surface area (Å²) in [6.07, 6.45) is 0. The molecule has 1 heterocycles. The molecule has 6 heteroatoms. The minimum Gasteiger partial charge on any atom is -0.291 e. The van der Waals surface area contributed by atoms with Crippen molar-refractivity contribution in [3.8, 4) is 0 Å². The van der Waals surface area contributed by atoms with E-state index in [9.17, 15) is 14.0 Å². The van der Waals surface area contributed by atoms with Gasteiger partial charge in [-0.2, -0.15) is 0 Å². The quantitative estimate of drug-likeness (QED) is 0.797. The largest absolute Gasteiger partial charge is 0.300 e. The number of benzene rings is 2. The summed E-state index contributed by atoms with van der Waals surface area (Å²) in [6, 6.07) is 9.84. The van der Waals surface area contributed by atoms with Crippen LogP contribution < -0.4 is 4.90 Å². The maximum absolute atomic E-state index is 13.9. The smallest absolute Gasteiger partial charge is 0.291 e. The van der Waals surface area contributed by atoms with Crippen molar-refractivity contribution in [3.63, 3.8) is 0 Å². The van der Waals surface area contributed by atoms with Crippen molar-refractivity contribution in [2.45, 2.75) is 13.5 Å². The molecular weight excluding hydrogens is 331 g/mol.